The van der Waals surface area contributed by atoms with Crippen LogP contribution in [0.4, 0.5) is 5.13 Å². The van der Waals surface area contributed by atoms with Crippen molar-refractivity contribution in [3.63, 3.8) is 0 Å². The van der Waals surface area contributed by atoms with Crippen LogP contribution in [-0.2, 0) is 9.53 Å². The molecule has 1 unspecified atom stereocenters. The summed E-state index contributed by atoms with van der Waals surface area (Å²) in [4.78, 5) is 18.1. The highest BCUT2D eigenvalue weighted by molar-refractivity contribution is 7.13. The smallest absolute Gasteiger partial charge is 0.246 e. The number of nitrogens with zero attached hydrogens (tertiary/aromatic N) is 2. The van der Waals surface area contributed by atoms with Crippen molar-refractivity contribution in [2.24, 2.45) is 0 Å². The minimum Gasteiger partial charge on any atom is -0.372 e. The fourth-order valence-electron chi connectivity index (χ4n) is 2.13. The molecule has 0 saturated carbocycles. The van der Waals surface area contributed by atoms with Crippen molar-refractivity contribution in [1.82, 2.24) is 10.3 Å². The lowest BCUT2D eigenvalue weighted by Crippen LogP contribution is -2.41. The van der Waals surface area contributed by atoms with E-state index in [-0.39, 0.29) is 12.5 Å². The zero-order valence-corrected chi connectivity index (χ0v) is 11.4. The molecule has 1 saturated heterocycles. The van der Waals surface area contributed by atoms with E-state index < -0.39 is 0 Å². The van der Waals surface area contributed by atoms with Gasteiger partial charge in [-0.25, -0.2) is 4.98 Å². The summed E-state index contributed by atoms with van der Waals surface area (Å²) in [5.74, 6) is -0.0390. The molecular formula is C12H19N3O2S. The average Bonchev–Trinajstić information content (AvgIpc) is 3.03. The molecule has 5 nitrogen and oxygen atoms in total. The van der Waals surface area contributed by atoms with Crippen LogP contribution in [0.25, 0.3) is 0 Å². The summed E-state index contributed by atoms with van der Waals surface area (Å²) < 4.78 is 5.07. The van der Waals surface area contributed by atoms with E-state index in [1.165, 1.54) is 0 Å². The highest BCUT2D eigenvalue weighted by Gasteiger charge is 2.26. The molecule has 0 spiro atoms. The first-order valence-electron chi connectivity index (χ1n) is 6.32. The fourth-order valence-corrected chi connectivity index (χ4v) is 2.88. The van der Waals surface area contributed by atoms with Gasteiger partial charge in [0, 0.05) is 37.3 Å². The zero-order chi connectivity index (χ0) is 12.8. The van der Waals surface area contributed by atoms with E-state index in [1.807, 2.05) is 18.5 Å². The second kappa shape index (κ2) is 6.70. The number of anilines is 1. The minimum absolute atomic E-state index is 0.0390. The predicted molar refractivity (Wildman–Crippen MR) is 72.0 cm³/mol. The van der Waals surface area contributed by atoms with Gasteiger partial charge in [-0.1, -0.05) is 0 Å². The van der Waals surface area contributed by atoms with Crippen molar-refractivity contribution in [3.8, 4) is 0 Å². The van der Waals surface area contributed by atoms with Gasteiger partial charge in [-0.05, 0) is 19.8 Å². The third kappa shape index (κ3) is 3.43. The SMILES string of the molecule is CCOCC(=O)NCC1CCCN1c1nccs1. The molecule has 2 heterocycles. The number of carbonyl (C=O) groups is 1. The van der Waals surface area contributed by atoms with E-state index in [0.717, 1.165) is 24.5 Å². The van der Waals surface area contributed by atoms with Gasteiger partial charge in [-0.3, -0.25) is 4.79 Å². The van der Waals surface area contributed by atoms with Gasteiger partial charge in [0.05, 0.1) is 0 Å². The van der Waals surface area contributed by atoms with Crippen LogP contribution in [0, 0.1) is 0 Å². The van der Waals surface area contributed by atoms with E-state index >= 15 is 0 Å². The van der Waals surface area contributed by atoms with Crippen molar-refractivity contribution in [2.45, 2.75) is 25.8 Å². The van der Waals surface area contributed by atoms with Crippen molar-refractivity contribution in [3.05, 3.63) is 11.6 Å². The van der Waals surface area contributed by atoms with Crippen LogP contribution in [0.5, 0.6) is 0 Å². The number of aromatic nitrogens is 1. The highest BCUT2D eigenvalue weighted by atomic mass is 32.1. The maximum atomic E-state index is 11.5. The third-order valence-electron chi connectivity index (χ3n) is 3.01. The Kier molecular flexibility index (Phi) is 4.95. The van der Waals surface area contributed by atoms with E-state index in [4.69, 9.17) is 4.74 Å². The lowest BCUT2D eigenvalue weighted by atomic mass is 10.2. The third-order valence-corrected chi connectivity index (χ3v) is 3.82. The summed E-state index contributed by atoms with van der Waals surface area (Å²) in [6.07, 6.45) is 4.09. The van der Waals surface area contributed by atoms with Gasteiger partial charge in [0.15, 0.2) is 5.13 Å². The molecule has 1 aliphatic heterocycles. The first-order chi connectivity index (χ1) is 8.81. The van der Waals surface area contributed by atoms with Crippen molar-refractivity contribution < 1.29 is 9.53 Å². The Labute approximate surface area is 111 Å². The van der Waals surface area contributed by atoms with Gasteiger partial charge < -0.3 is 15.0 Å². The van der Waals surface area contributed by atoms with E-state index in [2.05, 4.69) is 15.2 Å². The van der Waals surface area contributed by atoms with Crippen LogP contribution in [0.2, 0.25) is 0 Å². The molecule has 1 fully saturated rings. The Morgan fingerprint density at radius 3 is 3.33 bits per heavy atom. The van der Waals surface area contributed by atoms with Crippen LogP contribution in [0.15, 0.2) is 11.6 Å². The molecule has 0 aromatic carbocycles. The Morgan fingerprint density at radius 1 is 1.72 bits per heavy atom. The molecule has 1 N–H and O–H groups in total. The lowest BCUT2D eigenvalue weighted by molar-refractivity contribution is -0.125. The molecule has 0 bridgehead atoms. The monoisotopic (exact) mass is 269 g/mol. The molecule has 1 amide bonds. The van der Waals surface area contributed by atoms with Gasteiger partial charge in [-0.15, -0.1) is 11.3 Å². The molecular weight excluding hydrogens is 250 g/mol. The number of rotatable bonds is 6. The van der Waals surface area contributed by atoms with Crippen molar-refractivity contribution in [1.29, 1.82) is 0 Å². The second-order valence-electron chi connectivity index (χ2n) is 4.25. The molecule has 6 heteroatoms. The number of hydrogen-bond donors (Lipinski definition) is 1. The Morgan fingerprint density at radius 2 is 2.61 bits per heavy atom. The van der Waals surface area contributed by atoms with Crippen LogP contribution >= 0.6 is 11.3 Å². The van der Waals surface area contributed by atoms with Gasteiger partial charge in [-0.2, -0.15) is 0 Å². The van der Waals surface area contributed by atoms with Crippen LogP contribution in [0.3, 0.4) is 0 Å². The van der Waals surface area contributed by atoms with Gasteiger partial charge in [0.25, 0.3) is 0 Å². The Balaban J connectivity index is 1.80. The largest absolute Gasteiger partial charge is 0.372 e. The standard InChI is InChI=1S/C12H19N3O2S/c1-2-17-9-11(16)14-8-10-4-3-6-15(10)12-13-5-7-18-12/h5,7,10H,2-4,6,8-9H2,1H3,(H,14,16). The van der Waals surface area contributed by atoms with Gasteiger partial charge in [0.2, 0.25) is 5.91 Å². The molecule has 0 aliphatic carbocycles. The Bertz CT molecular complexity index is 369. The van der Waals surface area contributed by atoms with Crippen LogP contribution in [-0.4, -0.2) is 43.2 Å². The number of amides is 1. The maximum absolute atomic E-state index is 11.5. The number of ether oxygens (including phenoxy) is 1. The van der Waals surface area contributed by atoms with Crippen molar-refractivity contribution in [2.75, 3.05) is 31.2 Å². The molecule has 1 aliphatic rings. The van der Waals surface area contributed by atoms with Crippen LogP contribution in [0.1, 0.15) is 19.8 Å². The summed E-state index contributed by atoms with van der Waals surface area (Å²) >= 11 is 1.65. The van der Waals surface area contributed by atoms with E-state index in [1.54, 1.807) is 11.3 Å². The predicted octanol–water partition coefficient (Wildman–Crippen LogP) is 1.26. The quantitative estimate of drug-likeness (QED) is 0.845. The number of thiazole rings is 1. The molecule has 1 atom stereocenters. The molecule has 18 heavy (non-hydrogen) atoms. The fraction of sp³-hybridized carbons (Fsp3) is 0.667. The molecule has 0 radical (unpaired) electrons. The first-order valence-corrected chi connectivity index (χ1v) is 7.19. The minimum atomic E-state index is -0.0390. The van der Waals surface area contributed by atoms with Crippen LogP contribution < -0.4 is 10.2 Å². The molecule has 1 aromatic heterocycles. The number of nitrogens with one attached hydrogen (secondary N) is 1. The maximum Gasteiger partial charge on any atom is 0.246 e. The summed E-state index contributed by atoms with van der Waals surface area (Å²) in [5, 5.41) is 5.96. The van der Waals surface area contributed by atoms with Crippen molar-refractivity contribution >= 4 is 22.4 Å². The zero-order valence-electron chi connectivity index (χ0n) is 10.6. The normalized spacial score (nSPS) is 19.2. The lowest BCUT2D eigenvalue weighted by Gasteiger charge is -2.24. The number of hydrogen-bond acceptors (Lipinski definition) is 5. The van der Waals surface area contributed by atoms with E-state index in [9.17, 15) is 4.79 Å². The Hall–Kier alpha value is -1.14. The second-order valence-corrected chi connectivity index (χ2v) is 5.12. The van der Waals surface area contributed by atoms with Gasteiger partial charge >= 0.3 is 0 Å². The summed E-state index contributed by atoms with van der Waals surface area (Å²) in [6, 6.07) is 0.363. The van der Waals surface area contributed by atoms with Gasteiger partial charge in [0.1, 0.15) is 6.61 Å². The average molecular weight is 269 g/mol. The molecule has 100 valence electrons. The van der Waals surface area contributed by atoms with E-state index in [0.29, 0.717) is 19.2 Å². The molecule has 1 aromatic rings. The first kappa shape index (κ1) is 13.3. The highest BCUT2D eigenvalue weighted by Crippen LogP contribution is 2.26. The topological polar surface area (TPSA) is 54.5 Å². The molecule has 2 rings (SSSR count). The summed E-state index contributed by atoms with van der Waals surface area (Å²) in [7, 11) is 0. The summed E-state index contributed by atoms with van der Waals surface area (Å²) in [5.41, 5.74) is 0. The number of carbonyl (C=O) groups excluding carboxylic acids is 1. The summed E-state index contributed by atoms with van der Waals surface area (Å²) in [6.45, 7) is 4.31.